The number of nitrogens with zero attached hydrogens (tertiary/aromatic N) is 1. The SMILES string of the molecule is O=C(NCc1ccccc1)N1CCOC1=O. The van der Waals surface area contributed by atoms with Crippen LogP contribution in [0.15, 0.2) is 30.3 Å². The minimum Gasteiger partial charge on any atom is -0.447 e. The molecule has 0 spiro atoms. The van der Waals surface area contributed by atoms with Crippen molar-refractivity contribution in [3.05, 3.63) is 35.9 Å². The van der Waals surface area contributed by atoms with Crippen LogP contribution in [0.3, 0.4) is 0 Å². The van der Waals surface area contributed by atoms with Gasteiger partial charge in [-0.2, -0.15) is 0 Å². The average Bonchev–Trinajstić information content (AvgIpc) is 2.74. The second kappa shape index (κ2) is 4.65. The summed E-state index contributed by atoms with van der Waals surface area (Å²) in [7, 11) is 0. The van der Waals surface area contributed by atoms with Gasteiger partial charge < -0.3 is 10.1 Å². The van der Waals surface area contributed by atoms with E-state index in [9.17, 15) is 9.59 Å². The predicted molar refractivity (Wildman–Crippen MR) is 56.7 cm³/mol. The smallest absolute Gasteiger partial charge is 0.418 e. The molecule has 3 amide bonds. The van der Waals surface area contributed by atoms with Gasteiger partial charge in [0.25, 0.3) is 0 Å². The predicted octanol–water partition coefficient (Wildman–Crippen LogP) is 1.35. The monoisotopic (exact) mass is 220 g/mol. The number of amides is 3. The molecule has 0 bridgehead atoms. The van der Waals surface area contributed by atoms with Gasteiger partial charge >= 0.3 is 12.1 Å². The van der Waals surface area contributed by atoms with E-state index in [4.69, 9.17) is 0 Å². The Kier molecular flexibility index (Phi) is 3.05. The molecule has 0 atom stereocenters. The molecule has 0 aliphatic carbocycles. The summed E-state index contributed by atoms with van der Waals surface area (Å²) in [4.78, 5) is 23.7. The van der Waals surface area contributed by atoms with E-state index in [1.807, 2.05) is 30.3 Å². The van der Waals surface area contributed by atoms with Crippen LogP contribution in [0.5, 0.6) is 0 Å². The zero-order valence-electron chi connectivity index (χ0n) is 8.68. The van der Waals surface area contributed by atoms with E-state index in [0.717, 1.165) is 10.5 Å². The van der Waals surface area contributed by atoms with Gasteiger partial charge in [-0.05, 0) is 5.56 Å². The van der Waals surface area contributed by atoms with E-state index in [0.29, 0.717) is 13.1 Å². The molecular formula is C11H12N2O3. The Balaban J connectivity index is 1.86. The fourth-order valence-electron chi connectivity index (χ4n) is 1.45. The molecule has 1 saturated heterocycles. The minimum absolute atomic E-state index is 0.275. The van der Waals surface area contributed by atoms with E-state index < -0.39 is 12.1 Å². The van der Waals surface area contributed by atoms with Gasteiger partial charge in [0.15, 0.2) is 0 Å². The maximum atomic E-state index is 11.5. The zero-order chi connectivity index (χ0) is 11.4. The maximum Gasteiger partial charge on any atom is 0.418 e. The molecule has 1 aliphatic rings. The first-order valence-corrected chi connectivity index (χ1v) is 5.03. The maximum absolute atomic E-state index is 11.5. The van der Waals surface area contributed by atoms with Gasteiger partial charge in [0.2, 0.25) is 0 Å². The lowest BCUT2D eigenvalue weighted by molar-refractivity contribution is 0.158. The average molecular weight is 220 g/mol. The number of urea groups is 1. The van der Waals surface area contributed by atoms with Crippen LogP contribution in [-0.2, 0) is 11.3 Å². The lowest BCUT2D eigenvalue weighted by Crippen LogP contribution is -2.40. The van der Waals surface area contributed by atoms with Crippen LogP contribution in [0.4, 0.5) is 9.59 Å². The molecule has 5 heteroatoms. The second-order valence-corrected chi connectivity index (χ2v) is 3.41. The Labute approximate surface area is 93.0 Å². The number of carbonyl (C=O) groups excluding carboxylic acids is 2. The largest absolute Gasteiger partial charge is 0.447 e. The van der Waals surface area contributed by atoms with Crippen molar-refractivity contribution < 1.29 is 14.3 Å². The van der Waals surface area contributed by atoms with Gasteiger partial charge in [-0.25, -0.2) is 14.5 Å². The number of ether oxygens (including phenoxy) is 1. The van der Waals surface area contributed by atoms with Crippen LogP contribution in [0.25, 0.3) is 0 Å². The Morgan fingerprint density at radius 3 is 2.75 bits per heavy atom. The molecule has 0 saturated carbocycles. The van der Waals surface area contributed by atoms with Crippen molar-refractivity contribution in [2.75, 3.05) is 13.2 Å². The van der Waals surface area contributed by atoms with Crippen LogP contribution in [0, 0.1) is 0 Å². The molecule has 1 aromatic carbocycles. The van der Waals surface area contributed by atoms with E-state index in [1.54, 1.807) is 0 Å². The molecule has 1 N–H and O–H groups in total. The number of hydrogen-bond acceptors (Lipinski definition) is 3. The zero-order valence-corrected chi connectivity index (χ0v) is 8.68. The third-order valence-electron chi connectivity index (χ3n) is 2.29. The molecule has 5 nitrogen and oxygen atoms in total. The molecule has 0 aromatic heterocycles. The first-order chi connectivity index (χ1) is 7.77. The highest BCUT2D eigenvalue weighted by molar-refractivity contribution is 5.91. The molecule has 0 unspecified atom stereocenters. The van der Waals surface area contributed by atoms with Gasteiger partial charge in [-0.3, -0.25) is 0 Å². The van der Waals surface area contributed by atoms with Crippen molar-refractivity contribution in [2.45, 2.75) is 6.54 Å². The molecule has 2 rings (SSSR count). The summed E-state index contributed by atoms with van der Waals surface area (Å²) in [6, 6.07) is 9.09. The van der Waals surface area contributed by atoms with Crippen LogP contribution < -0.4 is 5.32 Å². The quantitative estimate of drug-likeness (QED) is 0.818. The fraction of sp³-hybridized carbons (Fsp3) is 0.273. The number of rotatable bonds is 2. The van der Waals surface area contributed by atoms with Crippen molar-refractivity contribution in [3.63, 3.8) is 0 Å². The van der Waals surface area contributed by atoms with Gasteiger partial charge in [-0.1, -0.05) is 30.3 Å². The van der Waals surface area contributed by atoms with E-state index in [-0.39, 0.29) is 6.61 Å². The number of nitrogens with one attached hydrogen (secondary N) is 1. The van der Waals surface area contributed by atoms with Crippen molar-refractivity contribution >= 4 is 12.1 Å². The molecule has 1 aliphatic heterocycles. The number of cyclic esters (lactones) is 1. The van der Waals surface area contributed by atoms with Crippen LogP contribution in [-0.4, -0.2) is 30.2 Å². The van der Waals surface area contributed by atoms with Crippen molar-refractivity contribution in [2.24, 2.45) is 0 Å². The van der Waals surface area contributed by atoms with E-state index >= 15 is 0 Å². The summed E-state index contributed by atoms with van der Waals surface area (Å²) in [5.41, 5.74) is 0.989. The molecule has 84 valence electrons. The normalized spacial score (nSPS) is 14.8. The third-order valence-corrected chi connectivity index (χ3v) is 2.29. The topological polar surface area (TPSA) is 58.6 Å². The summed E-state index contributed by atoms with van der Waals surface area (Å²) in [6.45, 7) is 1.00. The molecule has 1 aromatic rings. The first kappa shape index (κ1) is 10.5. The summed E-state index contributed by atoms with van der Waals surface area (Å²) in [5, 5.41) is 2.66. The lowest BCUT2D eigenvalue weighted by atomic mass is 10.2. The number of imide groups is 1. The molecule has 1 heterocycles. The summed E-state index contributed by atoms with van der Waals surface area (Å²) in [6.07, 6.45) is -0.578. The summed E-state index contributed by atoms with van der Waals surface area (Å²) in [5.74, 6) is 0. The van der Waals surface area contributed by atoms with Crippen LogP contribution in [0.1, 0.15) is 5.56 Å². The van der Waals surface area contributed by atoms with Gasteiger partial charge in [0.05, 0.1) is 6.54 Å². The van der Waals surface area contributed by atoms with Crippen molar-refractivity contribution in [3.8, 4) is 0 Å². The highest BCUT2D eigenvalue weighted by Gasteiger charge is 2.27. The third kappa shape index (κ3) is 2.31. The molecule has 0 radical (unpaired) electrons. The van der Waals surface area contributed by atoms with Gasteiger partial charge in [0.1, 0.15) is 6.61 Å². The van der Waals surface area contributed by atoms with Crippen molar-refractivity contribution in [1.82, 2.24) is 10.2 Å². The molecular weight excluding hydrogens is 208 g/mol. The Hall–Kier alpha value is -2.04. The Morgan fingerprint density at radius 2 is 2.12 bits per heavy atom. The number of hydrogen-bond donors (Lipinski definition) is 1. The standard InChI is InChI=1S/C11H12N2O3/c14-10(13-6-7-16-11(13)15)12-8-9-4-2-1-3-5-9/h1-5H,6-8H2,(H,12,14). The molecule has 1 fully saturated rings. The van der Waals surface area contributed by atoms with Gasteiger partial charge in [-0.15, -0.1) is 0 Å². The Bertz CT molecular complexity index is 391. The minimum atomic E-state index is -0.578. The van der Waals surface area contributed by atoms with E-state index in [1.165, 1.54) is 0 Å². The highest BCUT2D eigenvalue weighted by atomic mass is 16.6. The summed E-state index contributed by atoms with van der Waals surface area (Å²) >= 11 is 0. The Morgan fingerprint density at radius 1 is 1.38 bits per heavy atom. The van der Waals surface area contributed by atoms with Crippen molar-refractivity contribution in [1.29, 1.82) is 0 Å². The van der Waals surface area contributed by atoms with Crippen LogP contribution >= 0.6 is 0 Å². The van der Waals surface area contributed by atoms with E-state index in [2.05, 4.69) is 10.1 Å². The molecule has 16 heavy (non-hydrogen) atoms. The first-order valence-electron chi connectivity index (χ1n) is 5.03. The highest BCUT2D eigenvalue weighted by Crippen LogP contribution is 2.04. The van der Waals surface area contributed by atoms with Gasteiger partial charge in [0, 0.05) is 6.54 Å². The fourth-order valence-corrected chi connectivity index (χ4v) is 1.45. The lowest BCUT2D eigenvalue weighted by Gasteiger charge is -2.11. The summed E-state index contributed by atoms with van der Waals surface area (Å²) < 4.78 is 4.66. The number of carbonyl (C=O) groups is 2. The van der Waals surface area contributed by atoms with Crippen LogP contribution in [0.2, 0.25) is 0 Å². The number of benzene rings is 1. The second-order valence-electron chi connectivity index (χ2n) is 3.41.